The average Bonchev–Trinajstić information content (AvgIpc) is 3.14. The first-order chi connectivity index (χ1) is 13.5. The Bertz CT molecular complexity index is 769. The molecule has 1 unspecified atom stereocenters. The maximum Gasteiger partial charge on any atom is 0.207 e. The Balaban J connectivity index is 1.86. The minimum atomic E-state index is -0.803. The van der Waals surface area contributed by atoms with Gasteiger partial charge in [-0.1, -0.05) is 50.2 Å². The molecule has 1 N–H and O–H groups in total. The molecule has 1 amide bonds. The van der Waals surface area contributed by atoms with Crippen molar-refractivity contribution in [3.8, 4) is 5.75 Å². The van der Waals surface area contributed by atoms with Gasteiger partial charge in [0.2, 0.25) is 6.41 Å². The second kappa shape index (κ2) is 9.22. The van der Waals surface area contributed by atoms with Gasteiger partial charge in [-0.15, -0.1) is 0 Å². The fourth-order valence-corrected chi connectivity index (χ4v) is 3.42. The molecule has 0 spiro atoms. The molecule has 5 nitrogen and oxygen atoms in total. The van der Waals surface area contributed by atoms with Crippen LogP contribution in [0.5, 0.6) is 5.75 Å². The lowest BCUT2D eigenvalue weighted by atomic mass is 9.94. The molecule has 0 saturated carbocycles. The van der Waals surface area contributed by atoms with Crippen molar-refractivity contribution in [3.05, 3.63) is 65.2 Å². The molecule has 2 aromatic carbocycles. The summed E-state index contributed by atoms with van der Waals surface area (Å²) in [5, 5.41) is 2.91. The van der Waals surface area contributed by atoms with Gasteiger partial charge in [0.25, 0.3) is 0 Å². The molecule has 1 saturated heterocycles. The van der Waals surface area contributed by atoms with Gasteiger partial charge in [0.05, 0.1) is 18.8 Å². The van der Waals surface area contributed by atoms with Gasteiger partial charge in [-0.3, -0.25) is 4.79 Å². The monoisotopic (exact) mass is 383 g/mol. The molecule has 1 aliphatic rings. The van der Waals surface area contributed by atoms with E-state index in [-0.39, 0.29) is 6.04 Å². The first-order valence-corrected chi connectivity index (χ1v) is 9.79. The number of nitrogens with one attached hydrogen (secondary N) is 1. The number of hydrogen-bond donors (Lipinski definition) is 1. The van der Waals surface area contributed by atoms with Crippen LogP contribution in [0, 0.1) is 5.92 Å². The topological polar surface area (TPSA) is 56.8 Å². The van der Waals surface area contributed by atoms with Gasteiger partial charge in [-0.25, -0.2) is 0 Å². The quantitative estimate of drug-likeness (QED) is 0.669. The minimum absolute atomic E-state index is 0.0693. The van der Waals surface area contributed by atoms with Gasteiger partial charge in [0.15, 0.2) is 5.79 Å². The molecule has 1 fully saturated rings. The van der Waals surface area contributed by atoms with E-state index in [9.17, 15) is 4.79 Å². The van der Waals surface area contributed by atoms with Gasteiger partial charge >= 0.3 is 0 Å². The van der Waals surface area contributed by atoms with Gasteiger partial charge in [0, 0.05) is 6.04 Å². The molecule has 0 aromatic heterocycles. The first-order valence-electron chi connectivity index (χ1n) is 9.79. The molecule has 1 heterocycles. The number of hydrogen-bond acceptors (Lipinski definition) is 4. The number of benzene rings is 2. The van der Waals surface area contributed by atoms with E-state index in [1.165, 1.54) is 0 Å². The lowest BCUT2D eigenvalue weighted by molar-refractivity contribution is -0.151. The maximum atomic E-state index is 10.9. The minimum Gasteiger partial charge on any atom is -0.488 e. The molecule has 150 valence electrons. The van der Waals surface area contributed by atoms with Crippen molar-refractivity contribution in [2.24, 2.45) is 5.92 Å². The first kappa shape index (κ1) is 20.4. The van der Waals surface area contributed by atoms with Crippen LogP contribution in [0.1, 0.15) is 37.5 Å². The molecule has 28 heavy (non-hydrogen) atoms. The van der Waals surface area contributed by atoms with Gasteiger partial charge in [-0.05, 0) is 42.5 Å². The predicted octanol–water partition coefficient (Wildman–Crippen LogP) is 3.80. The van der Waals surface area contributed by atoms with Crippen LogP contribution in [-0.4, -0.2) is 25.7 Å². The lowest BCUT2D eigenvalue weighted by Crippen LogP contribution is -2.34. The Kier molecular flexibility index (Phi) is 6.70. The van der Waals surface area contributed by atoms with E-state index in [1.807, 2.05) is 49.4 Å². The van der Waals surface area contributed by atoms with Crippen LogP contribution >= 0.6 is 0 Å². The molecule has 3 rings (SSSR count). The summed E-state index contributed by atoms with van der Waals surface area (Å²) >= 11 is 0. The SMILES string of the molecule is CC(C)C(Cc1ccc(C2(C)OCCO2)c(OCc2ccccc2)c1)NC=O. The lowest BCUT2D eigenvalue weighted by Gasteiger charge is -2.26. The van der Waals surface area contributed by atoms with Crippen molar-refractivity contribution in [3.63, 3.8) is 0 Å². The molecule has 1 aliphatic heterocycles. The summed E-state index contributed by atoms with van der Waals surface area (Å²) in [6, 6.07) is 16.2. The highest BCUT2D eigenvalue weighted by Crippen LogP contribution is 2.38. The van der Waals surface area contributed by atoms with Crippen LogP contribution in [0.15, 0.2) is 48.5 Å². The third kappa shape index (κ3) is 4.91. The normalized spacial score (nSPS) is 16.7. The fourth-order valence-electron chi connectivity index (χ4n) is 3.42. The van der Waals surface area contributed by atoms with Crippen LogP contribution in [0.4, 0.5) is 0 Å². The van der Waals surface area contributed by atoms with Crippen LogP contribution in [-0.2, 0) is 33.1 Å². The number of rotatable bonds is 9. The highest BCUT2D eigenvalue weighted by Gasteiger charge is 2.36. The molecule has 2 aromatic rings. The summed E-state index contributed by atoms with van der Waals surface area (Å²) < 4.78 is 17.9. The standard InChI is InChI=1S/C23H29NO4/c1-17(2)21(24-16-25)13-19-9-10-20(23(3)27-11-12-28-23)22(14-19)26-15-18-7-5-4-6-8-18/h4-10,14,16-17,21H,11-13,15H2,1-3H3,(H,24,25). The Morgan fingerprint density at radius 1 is 1.11 bits per heavy atom. The van der Waals surface area contributed by atoms with E-state index in [0.29, 0.717) is 25.7 Å². The molecular weight excluding hydrogens is 354 g/mol. The van der Waals surface area contributed by atoms with Gasteiger partial charge in [-0.2, -0.15) is 0 Å². The fraction of sp³-hybridized carbons (Fsp3) is 0.435. The summed E-state index contributed by atoms with van der Waals surface area (Å²) in [4.78, 5) is 10.9. The van der Waals surface area contributed by atoms with Crippen molar-refractivity contribution >= 4 is 6.41 Å². The largest absolute Gasteiger partial charge is 0.488 e. The highest BCUT2D eigenvalue weighted by molar-refractivity contribution is 5.47. The van der Waals surface area contributed by atoms with Crippen LogP contribution in [0.3, 0.4) is 0 Å². The van der Waals surface area contributed by atoms with Crippen molar-refractivity contribution in [1.82, 2.24) is 5.32 Å². The van der Waals surface area contributed by atoms with Gasteiger partial charge in [0.1, 0.15) is 12.4 Å². The second-order valence-corrected chi connectivity index (χ2v) is 7.59. The Morgan fingerprint density at radius 2 is 1.82 bits per heavy atom. The van der Waals surface area contributed by atoms with Crippen molar-refractivity contribution in [2.45, 2.75) is 45.6 Å². The van der Waals surface area contributed by atoms with Gasteiger partial charge < -0.3 is 19.5 Å². The number of carbonyl (C=O) groups excluding carboxylic acids is 1. The van der Waals surface area contributed by atoms with Crippen LogP contribution < -0.4 is 10.1 Å². The average molecular weight is 383 g/mol. The summed E-state index contributed by atoms with van der Waals surface area (Å²) in [5.74, 6) is 0.278. The molecular formula is C23H29NO4. The van der Waals surface area contributed by atoms with Crippen molar-refractivity contribution in [2.75, 3.05) is 13.2 Å². The third-order valence-corrected chi connectivity index (χ3v) is 5.15. The molecule has 0 radical (unpaired) electrons. The summed E-state index contributed by atoms with van der Waals surface area (Å²) in [7, 11) is 0. The maximum absolute atomic E-state index is 10.9. The third-order valence-electron chi connectivity index (χ3n) is 5.15. The van der Waals surface area contributed by atoms with E-state index >= 15 is 0 Å². The smallest absolute Gasteiger partial charge is 0.207 e. The summed E-state index contributed by atoms with van der Waals surface area (Å²) in [6.45, 7) is 7.72. The number of ether oxygens (including phenoxy) is 3. The molecule has 5 heteroatoms. The summed E-state index contributed by atoms with van der Waals surface area (Å²) in [5.41, 5.74) is 3.08. The Morgan fingerprint density at radius 3 is 2.46 bits per heavy atom. The molecule has 0 bridgehead atoms. The van der Waals surface area contributed by atoms with E-state index in [2.05, 4.69) is 25.2 Å². The Labute approximate surface area is 167 Å². The predicted molar refractivity (Wildman–Crippen MR) is 108 cm³/mol. The Hall–Kier alpha value is -2.37. The van der Waals surface area contributed by atoms with E-state index in [4.69, 9.17) is 14.2 Å². The molecule has 1 atom stereocenters. The zero-order chi connectivity index (χ0) is 20.0. The van der Waals surface area contributed by atoms with E-state index in [0.717, 1.165) is 35.3 Å². The molecule has 0 aliphatic carbocycles. The number of carbonyl (C=O) groups is 1. The van der Waals surface area contributed by atoms with Crippen LogP contribution in [0.25, 0.3) is 0 Å². The zero-order valence-electron chi connectivity index (χ0n) is 16.8. The van der Waals surface area contributed by atoms with Crippen LogP contribution in [0.2, 0.25) is 0 Å². The number of amides is 1. The van der Waals surface area contributed by atoms with E-state index < -0.39 is 5.79 Å². The highest BCUT2D eigenvalue weighted by atomic mass is 16.7. The second-order valence-electron chi connectivity index (χ2n) is 7.59. The van der Waals surface area contributed by atoms with Crippen molar-refractivity contribution < 1.29 is 19.0 Å². The van der Waals surface area contributed by atoms with E-state index in [1.54, 1.807) is 0 Å². The summed E-state index contributed by atoms with van der Waals surface area (Å²) in [6.07, 6.45) is 1.50. The van der Waals surface area contributed by atoms with Crippen molar-refractivity contribution in [1.29, 1.82) is 0 Å². The zero-order valence-corrected chi connectivity index (χ0v) is 16.8.